The summed E-state index contributed by atoms with van der Waals surface area (Å²) in [6, 6.07) is 0. The highest BCUT2D eigenvalue weighted by atomic mass is 16.2. The molecule has 4 heteroatoms. The van der Waals surface area contributed by atoms with Gasteiger partial charge in [-0.1, -0.05) is 0 Å². The Morgan fingerprint density at radius 3 is 2.27 bits per heavy atom. The molecule has 0 spiro atoms. The van der Waals surface area contributed by atoms with Gasteiger partial charge in [-0.2, -0.15) is 0 Å². The van der Waals surface area contributed by atoms with Gasteiger partial charge in [-0.05, 0) is 26.3 Å². The Balaban J connectivity index is 2.10. The summed E-state index contributed by atoms with van der Waals surface area (Å²) in [6.45, 7) is 7.73. The number of piperazine rings is 1. The molecule has 0 radical (unpaired) electrons. The Morgan fingerprint density at radius 2 is 1.73 bits per heavy atom. The number of unbranched alkanes of at least 4 members (excludes halogenated alkanes) is 1. The van der Waals surface area contributed by atoms with E-state index in [0.717, 1.165) is 45.6 Å². The fourth-order valence-electron chi connectivity index (χ4n) is 1.93. The highest BCUT2D eigenvalue weighted by Gasteiger charge is 2.16. The molecule has 1 aliphatic heterocycles. The molecule has 0 unspecified atom stereocenters. The zero-order chi connectivity index (χ0) is 11.1. The van der Waals surface area contributed by atoms with E-state index >= 15 is 0 Å². The zero-order valence-corrected chi connectivity index (χ0v) is 9.61. The van der Waals surface area contributed by atoms with Gasteiger partial charge in [-0.15, -0.1) is 0 Å². The fraction of sp³-hybridized carbons (Fsp3) is 0.909. The van der Waals surface area contributed by atoms with Crippen LogP contribution in [0.25, 0.3) is 0 Å². The van der Waals surface area contributed by atoms with E-state index in [1.54, 1.807) is 6.92 Å². The lowest BCUT2D eigenvalue weighted by Crippen LogP contribution is -2.47. The van der Waals surface area contributed by atoms with Crippen molar-refractivity contribution in [2.24, 2.45) is 0 Å². The van der Waals surface area contributed by atoms with Crippen LogP contribution in [0.4, 0.5) is 0 Å². The van der Waals surface area contributed by atoms with Crippen molar-refractivity contribution in [2.45, 2.75) is 19.8 Å². The van der Waals surface area contributed by atoms with Crippen molar-refractivity contribution in [3.63, 3.8) is 0 Å². The molecule has 4 nitrogen and oxygen atoms in total. The van der Waals surface area contributed by atoms with Crippen LogP contribution in [0.15, 0.2) is 0 Å². The average Bonchev–Trinajstić information content (AvgIpc) is 2.20. The number of hydrogen-bond donors (Lipinski definition) is 1. The van der Waals surface area contributed by atoms with E-state index in [9.17, 15) is 4.79 Å². The topological polar surface area (TPSA) is 43.8 Å². The van der Waals surface area contributed by atoms with Crippen LogP contribution in [-0.4, -0.2) is 66.6 Å². The van der Waals surface area contributed by atoms with Gasteiger partial charge in [0, 0.05) is 32.8 Å². The third-order valence-corrected chi connectivity index (χ3v) is 2.79. The highest BCUT2D eigenvalue weighted by Crippen LogP contribution is 2.03. The van der Waals surface area contributed by atoms with E-state index in [4.69, 9.17) is 5.11 Å². The van der Waals surface area contributed by atoms with Gasteiger partial charge in [0.15, 0.2) is 0 Å². The molecule has 1 fully saturated rings. The first kappa shape index (κ1) is 12.6. The van der Waals surface area contributed by atoms with Crippen molar-refractivity contribution in [2.75, 3.05) is 45.9 Å². The molecule has 0 aliphatic carbocycles. The number of aliphatic hydroxyl groups is 1. The van der Waals surface area contributed by atoms with Crippen LogP contribution >= 0.6 is 0 Å². The molecule has 1 saturated heterocycles. The minimum atomic E-state index is 0.253. The number of ketones is 1. The van der Waals surface area contributed by atoms with E-state index < -0.39 is 0 Å². The Morgan fingerprint density at radius 1 is 1.13 bits per heavy atom. The van der Waals surface area contributed by atoms with Gasteiger partial charge in [0.1, 0.15) is 5.78 Å². The van der Waals surface area contributed by atoms with Gasteiger partial charge in [0.05, 0.1) is 6.54 Å². The SMILES string of the molecule is CC(=O)CN1CCN(CCCCO)CC1. The first-order valence-electron chi connectivity index (χ1n) is 5.77. The molecule has 0 saturated carbocycles. The standard InChI is InChI=1S/C11H22N2O2/c1-11(15)10-13-7-5-12(6-8-13)4-2-3-9-14/h14H,2-10H2,1H3. The summed E-state index contributed by atoms with van der Waals surface area (Å²) in [5.74, 6) is 0.253. The first-order chi connectivity index (χ1) is 7.22. The van der Waals surface area contributed by atoms with Crippen LogP contribution in [0.5, 0.6) is 0 Å². The normalized spacial score (nSPS) is 19.3. The Labute approximate surface area is 91.9 Å². The Kier molecular flexibility index (Phi) is 5.83. The maximum absolute atomic E-state index is 10.9. The minimum absolute atomic E-state index is 0.253. The summed E-state index contributed by atoms with van der Waals surface area (Å²) in [4.78, 5) is 15.5. The number of hydrogen-bond acceptors (Lipinski definition) is 4. The molecule has 0 aromatic heterocycles. The van der Waals surface area contributed by atoms with E-state index in [1.807, 2.05) is 0 Å². The second-order valence-corrected chi connectivity index (χ2v) is 4.25. The number of rotatable bonds is 6. The van der Waals surface area contributed by atoms with Crippen molar-refractivity contribution in [1.82, 2.24) is 9.80 Å². The number of carbonyl (C=O) groups is 1. The van der Waals surface area contributed by atoms with Crippen LogP contribution in [0.1, 0.15) is 19.8 Å². The van der Waals surface area contributed by atoms with Gasteiger partial charge in [-0.25, -0.2) is 0 Å². The Bertz CT molecular complexity index is 189. The third kappa shape index (κ3) is 5.25. The van der Waals surface area contributed by atoms with Crippen LogP contribution in [0.3, 0.4) is 0 Å². The fourth-order valence-corrected chi connectivity index (χ4v) is 1.93. The lowest BCUT2D eigenvalue weighted by atomic mass is 10.2. The van der Waals surface area contributed by atoms with E-state index in [0.29, 0.717) is 13.2 Å². The number of carbonyl (C=O) groups excluding carboxylic acids is 1. The van der Waals surface area contributed by atoms with Crippen molar-refractivity contribution < 1.29 is 9.90 Å². The predicted octanol–water partition coefficient (Wildman–Crippen LogP) is -0.0345. The summed E-state index contributed by atoms with van der Waals surface area (Å²) in [7, 11) is 0. The van der Waals surface area contributed by atoms with Crippen molar-refractivity contribution >= 4 is 5.78 Å². The van der Waals surface area contributed by atoms with E-state index in [2.05, 4.69) is 9.80 Å². The molecule has 0 atom stereocenters. The predicted molar refractivity (Wildman–Crippen MR) is 59.9 cm³/mol. The molecule has 15 heavy (non-hydrogen) atoms. The number of aliphatic hydroxyl groups excluding tert-OH is 1. The number of Topliss-reactive ketones (excluding diaryl/α,β-unsaturated/α-hetero) is 1. The minimum Gasteiger partial charge on any atom is -0.396 e. The molecule has 1 rings (SSSR count). The lowest BCUT2D eigenvalue weighted by molar-refractivity contribution is -0.118. The van der Waals surface area contributed by atoms with Gasteiger partial charge < -0.3 is 10.0 Å². The van der Waals surface area contributed by atoms with E-state index in [1.165, 1.54) is 0 Å². The lowest BCUT2D eigenvalue weighted by Gasteiger charge is -2.34. The van der Waals surface area contributed by atoms with Gasteiger partial charge in [-0.3, -0.25) is 9.69 Å². The van der Waals surface area contributed by atoms with E-state index in [-0.39, 0.29) is 5.78 Å². The largest absolute Gasteiger partial charge is 0.396 e. The van der Waals surface area contributed by atoms with Crippen LogP contribution < -0.4 is 0 Å². The monoisotopic (exact) mass is 214 g/mol. The molecule has 1 heterocycles. The second-order valence-electron chi connectivity index (χ2n) is 4.25. The molecule has 0 bridgehead atoms. The third-order valence-electron chi connectivity index (χ3n) is 2.79. The highest BCUT2D eigenvalue weighted by molar-refractivity contribution is 5.77. The molecule has 0 amide bonds. The summed E-state index contributed by atoms with van der Waals surface area (Å²) in [6.07, 6.45) is 1.97. The average molecular weight is 214 g/mol. The molecule has 1 N–H and O–H groups in total. The summed E-state index contributed by atoms with van der Waals surface area (Å²) < 4.78 is 0. The summed E-state index contributed by atoms with van der Waals surface area (Å²) in [5, 5.41) is 8.67. The molecule has 0 aromatic rings. The van der Waals surface area contributed by atoms with Gasteiger partial charge >= 0.3 is 0 Å². The van der Waals surface area contributed by atoms with Gasteiger partial charge in [0.25, 0.3) is 0 Å². The molecular weight excluding hydrogens is 192 g/mol. The molecular formula is C11H22N2O2. The molecule has 1 aliphatic rings. The smallest absolute Gasteiger partial charge is 0.143 e. The number of nitrogens with zero attached hydrogens (tertiary/aromatic N) is 2. The second kappa shape index (κ2) is 6.93. The first-order valence-corrected chi connectivity index (χ1v) is 5.77. The van der Waals surface area contributed by atoms with Gasteiger partial charge in [0.2, 0.25) is 0 Å². The summed E-state index contributed by atoms with van der Waals surface area (Å²) >= 11 is 0. The maximum atomic E-state index is 10.9. The van der Waals surface area contributed by atoms with Crippen LogP contribution in [0, 0.1) is 0 Å². The van der Waals surface area contributed by atoms with Crippen molar-refractivity contribution in [1.29, 1.82) is 0 Å². The molecule has 88 valence electrons. The Hall–Kier alpha value is -0.450. The van der Waals surface area contributed by atoms with Crippen LogP contribution in [-0.2, 0) is 4.79 Å². The van der Waals surface area contributed by atoms with Crippen molar-refractivity contribution in [3.8, 4) is 0 Å². The molecule has 0 aromatic carbocycles. The maximum Gasteiger partial charge on any atom is 0.143 e. The summed E-state index contributed by atoms with van der Waals surface area (Å²) in [5.41, 5.74) is 0. The van der Waals surface area contributed by atoms with Crippen LogP contribution in [0.2, 0.25) is 0 Å². The quantitative estimate of drug-likeness (QED) is 0.630. The van der Waals surface area contributed by atoms with Crippen molar-refractivity contribution in [3.05, 3.63) is 0 Å². The zero-order valence-electron chi connectivity index (χ0n) is 9.61.